The molecule has 0 aromatic rings. The van der Waals surface area contributed by atoms with E-state index in [0.717, 1.165) is 0 Å². The van der Waals surface area contributed by atoms with E-state index in [1.165, 1.54) is 0 Å². The van der Waals surface area contributed by atoms with Crippen molar-refractivity contribution in [3.8, 4) is 0 Å². The molecule has 22 heavy (non-hydrogen) atoms. The van der Waals surface area contributed by atoms with Gasteiger partial charge in [-0.05, 0) is 28.1 Å². The maximum atomic E-state index is 9.97. The van der Waals surface area contributed by atoms with Gasteiger partial charge in [0, 0.05) is 4.91 Å². The van der Waals surface area contributed by atoms with Crippen LogP contribution in [0, 0.1) is 5.92 Å². The normalized spacial score (nSPS) is 30.0. The summed E-state index contributed by atoms with van der Waals surface area (Å²) in [5.74, 6) is -0.173. The fraction of sp³-hybridized carbons (Fsp3) is 1.00. The number of rotatable bonds is 6. The lowest BCUT2D eigenvalue weighted by Crippen LogP contribution is -2.56. The topological polar surface area (TPSA) is 87.5 Å². The van der Waals surface area contributed by atoms with Gasteiger partial charge in [0.05, 0.1) is 18.8 Å². The zero-order valence-corrected chi connectivity index (χ0v) is 15.9. The van der Waals surface area contributed by atoms with Crippen molar-refractivity contribution in [2.75, 3.05) is 6.61 Å². The fourth-order valence-corrected chi connectivity index (χ4v) is 9.28. The van der Waals surface area contributed by atoms with Crippen LogP contribution in [0.3, 0.4) is 0 Å². The minimum Gasteiger partial charge on any atom is -0.391 e. The molecule has 0 spiro atoms. The summed E-state index contributed by atoms with van der Waals surface area (Å²) < 4.78 is 12.3. The molecule has 1 saturated heterocycles. The molecule has 4 unspecified atom stereocenters. The molecule has 4 atom stereocenters. The Morgan fingerprint density at radius 1 is 1.18 bits per heavy atom. The maximum Gasteiger partial charge on any atom is 0.203 e. The molecular weight excluding hydrogens is 298 g/mol. The molecule has 1 aliphatic heterocycles. The van der Waals surface area contributed by atoms with E-state index in [-0.39, 0.29) is 12.5 Å². The smallest absolute Gasteiger partial charge is 0.203 e. The Morgan fingerprint density at radius 2 is 1.68 bits per heavy atom. The van der Waals surface area contributed by atoms with Gasteiger partial charge < -0.3 is 14.3 Å². The number of aliphatic hydroxyl groups excluding tert-OH is 1. The highest BCUT2D eigenvalue weighted by molar-refractivity contribution is 6.77. The van der Waals surface area contributed by atoms with Crippen LogP contribution in [0.2, 0.25) is 16.6 Å². The molecule has 0 amide bonds. The molecule has 1 N–H and O–H groups in total. The van der Waals surface area contributed by atoms with Gasteiger partial charge in [0.2, 0.25) is 8.32 Å². The first-order valence-corrected chi connectivity index (χ1v) is 10.3. The second-order valence-corrected chi connectivity index (χ2v) is 12.7. The van der Waals surface area contributed by atoms with Crippen molar-refractivity contribution in [3.05, 3.63) is 10.4 Å². The minimum atomic E-state index is -2.13. The van der Waals surface area contributed by atoms with Crippen LogP contribution in [-0.2, 0) is 9.16 Å². The molecule has 1 rings (SSSR count). The number of aliphatic hydroxyl groups is 1. The predicted molar refractivity (Wildman–Crippen MR) is 90.0 cm³/mol. The van der Waals surface area contributed by atoms with Crippen molar-refractivity contribution in [1.29, 1.82) is 0 Å². The van der Waals surface area contributed by atoms with E-state index < -0.39 is 26.8 Å². The predicted octanol–water partition coefficient (Wildman–Crippen LogP) is 4.21. The Bertz CT molecular complexity index is 389. The third-order valence-electron chi connectivity index (χ3n) is 5.07. The first-order valence-electron chi connectivity index (χ1n) is 8.20. The van der Waals surface area contributed by atoms with Crippen molar-refractivity contribution in [1.82, 2.24) is 0 Å². The van der Waals surface area contributed by atoms with Crippen LogP contribution in [0.5, 0.6) is 0 Å². The number of nitrogens with zero attached hydrogens (tertiary/aromatic N) is 3. The zero-order chi connectivity index (χ0) is 17.1. The molecule has 0 aromatic heterocycles. The minimum absolute atomic E-state index is 0.173. The van der Waals surface area contributed by atoms with Crippen LogP contribution < -0.4 is 0 Å². The van der Waals surface area contributed by atoms with Crippen LogP contribution in [0.15, 0.2) is 5.11 Å². The van der Waals surface area contributed by atoms with Gasteiger partial charge in [0.1, 0.15) is 0 Å². The van der Waals surface area contributed by atoms with E-state index in [9.17, 15) is 5.11 Å². The highest BCUT2D eigenvalue weighted by Gasteiger charge is 2.49. The molecule has 0 aliphatic carbocycles. The van der Waals surface area contributed by atoms with Gasteiger partial charge in [0.15, 0.2) is 6.29 Å². The summed E-state index contributed by atoms with van der Waals surface area (Å²) >= 11 is 0. The number of ether oxygens (including phenoxy) is 1. The molecule has 0 aromatic carbocycles. The summed E-state index contributed by atoms with van der Waals surface area (Å²) in [5, 5.41) is 13.8. The molecule has 1 aliphatic rings. The van der Waals surface area contributed by atoms with Crippen molar-refractivity contribution < 1.29 is 14.3 Å². The van der Waals surface area contributed by atoms with E-state index in [4.69, 9.17) is 14.7 Å². The number of hydrogen-bond donors (Lipinski definition) is 1. The quantitative estimate of drug-likeness (QED) is 0.342. The third-order valence-corrected chi connectivity index (χ3v) is 11.1. The Balaban J connectivity index is 3.12. The van der Waals surface area contributed by atoms with Gasteiger partial charge in [-0.25, -0.2) is 0 Å². The Morgan fingerprint density at radius 3 is 2.09 bits per heavy atom. The molecule has 7 heteroatoms. The molecule has 1 heterocycles. The summed E-state index contributed by atoms with van der Waals surface area (Å²) in [5.41, 5.74) is 10.1. The van der Waals surface area contributed by atoms with E-state index in [1.807, 2.05) is 6.92 Å². The SMILES string of the molecule is CC1C(O)COC(O[Si](C(C)C)(C(C)C)C(C)C)C1N=[N+]=[N-]. The van der Waals surface area contributed by atoms with E-state index >= 15 is 0 Å². The second kappa shape index (κ2) is 7.79. The average Bonchev–Trinajstić information content (AvgIpc) is 2.42. The lowest BCUT2D eigenvalue weighted by molar-refractivity contribution is -0.178. The van der Waals surface area contributed by atoms with E-state index in [1.54, 1.807) is 0 Å². The van der Waals surface area contributed by atoms with Gasteiger partial charge in [-0.3, -0.25) is 0 Å². The van der Waals surface area contributed by atoms with E-state index in [2.05, 4.69) is 51.6 Å². The zero-order valence-electron chi connectivity index (χ0n) is 14.9. The summed E-state index contributed by atoms with van der Waals surface area (Å²) in [6.45, 7) is 15.3. The lowest BCUT2D eigenvalue weighted by atomic mass is 9.94. The lowest BCUT2D eigenvalue weighted by Gasteiger charge is -2.47. The van der Waals surface area contributed by atoms with Crippen LogP contribution in [0.25, 0.3) is 10.4 Å². The molecular formula is C15H31N3O3Si. The first kappa shape index (κ1) is 19.5. The van der Waals surface area contributed by atoms with Crippen LogP contribution >= 0.6 is 0 Å². The summed E-state index contributed by atoms with van der Waals surface area (Å²) in [6.07, 6.45) is -1.18. The largest absolute Gasteiger partial charge is 0.391 e. The monoisotopic (exact) mass is 329 g/mol. The van der Waals surface area contributed by atoms with Crippen LogP contribution in [0.4, 0.5) is 0 Å². The average molecular weight is 330 g/mol. The van der Waals surface area contributed by atoms with Crippen molar-refractivity contribution in [2.24, 2.45) is 11.0 Å². The van der Waals surface area contributed by atoms with Gasteiger partial charge in [-0.1, -0.05) is 53.6 Å². The van der Waals surface area contributed by atoms with E-state index in [0.29, 0.717) is 16.6 Å². The molecule has 0 radical (unpaired) electrons. The Kier molecular flexibility index (Phi) is 6.89. The van der Waals surface area contributed by atoms with Gasteiger partial charge in [-0.15, -0.1) is 0 Å². The van der Waals surface area contributed by atoms with Crippen molar-refractivity contribution in [3.63, 3.8) is 0 Å². The molecule has 0 bridgehead atoms. The van der Waals surface area contributed by atoms with Crippen LogP contribution in [-0.4, -0.2) is 38.5 Å². The Labute approximate surface area is 135 Å². The Hall–Kier alpha value is -0.593. The molecule has 128 valence electrons. The molecule has 1 fully saturated rings. The standard InChI is InChI=1S/C15H31N3O3Si/c1-9(2)22(10(3)4,11(5)6)21-15-14(17-18-16)12(7)13(19)8-20-15/h9-15,19H,8H2,1-7H3. The third kappa shape index (κ3) is 3.66. The van der Waals surface area contributed by atoms with Crippen molar-refractivity contribution >= 4 is 8.32 Å². The summed E-state index contributed by atoms with van der Waals surface area (Å²) in [4.78, 5) is 2.93. The molecule has 6 nitrogen and oxygen atoms in total. The molecule has 0 saturated carbocycles. The summed E-state index contributed by atoms with van der Waals surface area (Å²) in [6, 6.07) is -0.489. The van der Waals surface area contributed by atoms with Gasteiger partial charge in [0.25, 0.3) is 0 Å². The number of hydrogen-bond acceptors (Lipinski definition) is 4. The highest BCUT2D eigenvalue weighted by Crippen LogP contribution is 2.44. The second-order valence-electron chi connectivity index (χ2n) is 7.26. The fourth-order valence-electron chi connectivity index (χ4n) is 3.85. The van der Waals surface area contributed by atoms with Crippen molar-refractivity contribution in [2.45, 2.75) is 83.5 Å². The maximum absolute atomic E-state index is 9.97. The van der Waals surface area contributed by atoms with Gasteiger partial charge >= 0.3 is 0 Å². The number of azide groups is 1. The summed E-state index contributed by atoms with van der Waals surface area (Å²) in [7, 11) is -2.13. The van der Waals surface area contributed by atoms with Gasteiger partial charge in [-0.2, -0.15) is 0 Å². The first-order chi connectivity index (χ1) is 10.2. The van der Waals surface area contributed by atoms with Crippen LogP contribution in [0.1, 0.15) is 48.5 Å². The highest BCUT2D eigenvalue weighted by atomic mass is 28.4.